The quantitative estimate of drug-likeness (QED) is 0.870. The summed E-state index contributed by atoms with van der Waals surface area (Å²) in [5, 5.41) is 4.71. The first kappa shape index (κ1) is 14.8. The van der Waals surface area contributed by atoms with E-state index in [4.69, 9.17) is 9.84 Å². The Morgan fingerprint density at radius 2 is 2.13 bits per heavy atom. The van der Waals surface area contributed by atoms with Crippen molar-refractivity contribution in [2.75, 3.05) is 19.7 Å². The first-order valence-electron chi connectivity index (χ1n) is 8.53. The van der Waals surface area contributed by atoms with Gasteiger partial charge >= 0.3 is 0 Å². The summed E-state index contributed by atoms with van der Waals surface area (Å²) in [6, 6.07) is 5.93. The largest absolute Gasteiger partial charge is 0.375 e. The van der Waals surface area contributed by atoms with E-state index >= 15 is 0 Å². The molecule has 5 nitrogen and oxygen atoms in total. The average Bonchev–Trinajstić information content (AvgIpc) is 3.39. The van der Waals surface area contributed by atoms with Crippen molar-refractivity contribution in [3.63, 3.8) is 0 Å². The van der Waals surface area contributed by atoms with Gasteiger partial charge in [0.05, 0.1) is 18.4 Å². The highest BCUT2D eigenvalue weighted by Crippen LogP contribution is 2.36. The van der Waals surface area contributed by atoms with Crippen LogP contribution in [0, 0.1) is 19.8 Å². The molecule has 3 heterocycles. The number of hydrogen-bond donors (Lipinski definition) is 0. The van der Waals surface area contributed by atoms with Crippen molar-refractivity contribution in [1.29, 1.82) is 0 Å². The Morgan fingerprint density at radius 3 is 2.87 bits per heavy atom. The maximum absolute atomic E-state index is 5.93. The van der Waals surface area contributed by atoms with Gasteiger partial charge in [-0.2, -0.15) is 5.10 Å². The lowest BCUT2D eigenvalue weighted by Gasteiger charge is -2.33. The highest BCUT2D eigenvalue weighted by Gasteiger charge is 2.35. The van der Waals surface area contributed by atoms with E-state index in [0.717, 1.165) is 43.7 Å². The monoisotopic (exact) mass is 312 g/mol. The first-order chi connectivity index (χ1) is 11.2. The zero-order valence-corrected chi connectivity index (χ0v) is 13.9. The van der Waals surface area contributed by atoms with Gasteiger partial charge < -0.3 is 4.74 Å². The molecule has 1 aliphatic carbocycles. The molecular weight excluding hydrogens is 288 g/mol. The van der Waals surface area contributed by atoms with E-state index in [1.54, 1.807) is 0 Å². The number of pyridine rings is 1. The van der Waals surface area contributed by atoms with Crippen molar-refractivity contribution in [2.24, 2.45) is 5.92 Å². The molecule has 23 heavy (non-hydrogen) atoms. The molecule has 122 valence electrons. The maximum Gasteiger partial charge on any atom is 0.153 e. The molecule has 0 bridgehead atoms. The Balaban J connectivity index is 1.53. The molecular formula is C18H24N4O. The molecule has 4 rings (SSSR count). The standard InChI is InChI=1S/C18H24N4O/c1-13-16(11-21-9-10-23-17(12-21)15-6-7-15)14(2)22(20-13)18-5-3-4-8-19-18/h3-5,8,15,17H,6-7,9-12H2,1-2H3. The fraction of sp³-hybridized carbons (Fsp3) is 0.556. The van der Waals surface area contributed by atoms with Crippen molar-refractivity contribution in [3.8, 4) is 5.82 Å². The van der Waals surface area contributed by atoms with Crippen LogP contribution in [0.3, 0.4) is 0 Å². The van der Waals surface area contributed by atoms with Gasteiger partial charge in [-0.05, 0) is 44.7 Å². The molecule has 1 aliphatic heterocycles. The Kier molecular flexibility index (Phi) is 3.91. The predicted molar refractivity (Wildman–Crippen MR) is 88.6 cm³/mol. The molecule has 0 aromatic carbocycles. The fourth-order valence-corrected chi connectivity index (χ4v) is 3.46. The van der Waals surface area contributed by atoms with Crippen molar-refractivity contribution in [1.82, 2.24) is 19.7 Å². The normalized spacial score (nSPS) is 22.4. The van der Waals surface area contributed by atoms with E-state index in [0.29, 0.717) is 6.10 Å². The second kappa shape index (κ2) is 6.06. The average molecular weight is 312 g/mol. The summed E-state index contributed by atoms with van der Waals surface area (Å²) in [4.78, 5) is 6.94. The van der Waals surface area contributed by atoms with Crippen molar-refractivity contribution < 1.29 is 4.74 Å². The van der Waals surface area contributed by atoms with Gasteiger partial charge in [0.2, 0.25) is 0 Å². The highest BCUT2D eigenvalue weighted by molar-refractivity contribution is 5.32. The smallest absolute Gasteiger partial charge is 0.153 e. The van der Waals surface area contributed by atoms with Crippen molar-refractivity contribution in [2.45, 2.75) is 39.3 Å². The molecule has 0 spiro atoms. The third kappa shape index (κ3) is 3.03. The van der Waals surface area contributed by atoms with Crippen LogP contribution in [0.1, 0.15) is 29.8 Å². The second-order valence-electron chi connectivity index (χ2n) is 6.73. The number of morpholine rings is 1. The third-order valence-corrected chi connectivity index (χ3v) is 5.01. The molecule has 1 unspecified atom stereocenters. The number of hydrogen-bond acceptors (Lipinski definition) is 4. The Hall–Kier alpha value is -1.72. The van der Waals surface area contributed by atoms with Gasteiger partial charge in [-0.3, -0.25) is 4.90 Å². The Bertz CT molecular complexity index is 678. The van der Waals surface area contributed by atoms with Crippen LogP contribution in [-0.4, -0.2) is 45.5 Å². The summed E-state index contributed by atoms with van der Waals surface area (Å²) in [6.45, 7) is 8.11. The molecule has 1 saturated carbocycles. The summed E-state index contributed by atoms with van der Waals surface area (Å²) in [5.74, 6) is 1.69. The van der Waals surface area contributed by atoms with Crippen LogP contribution in [0.2, 0.25) is 0 Å². The van der Waals surface area contributed by atoms with Crippen LogP contribution in [0.25, 0.3) is 5.82 Å². The lowest BCUT2D eigenvalue weighted by atomic mass is 10.1. The topological polar surface area (TPSA) is 43.2 Å². The van der Waals surface area contributed by atoms with Crippen molar-refractivity contribution in [3.05, 3.63) is 41.3 Å². The molecule has 2 aromatic heterocycles. The first-order valence-corrected chi connectivity index (χ1v) is 8.53. The fourth-order valence-electron chi connectivity index (χ4n) is 3.46. The van der Waals surface area contributed by atoms with Crippen molar-refractivity contribution >= 4 is 0 Å². The summed E-state index contributed by atoms with van der Waals surface area (Å²) < 4.78 is 7.89. The predicted octanol–water partition coefficient (Wildman–Crippen LogP) is 2.49. The van der Waals surface area contributed by atoms with Gasteiger partial charge in [0.1, 0.15) is 0 Å². The van der Waals surface area contributed by atoms with Crippen LogP contribution in [0.4, 0.5) is 0 Å². The SMILES string of the molecule is Cc1nn(-c2ccccn2)c(C)c1CN1CCOC(C2CC2)C1. The molecule has 0 radical (unpaired) electrons. The summed E-state index contributed by atoms with van der Waals surface area (Å²) in [5.41, 5.74) is 3.62. The van der Waals surface area contributed by atoms with E-state index in [-0.39, 0.29) is 0 Å². The minimum Gasteiger partial charge on any atom is -0.375 e. The molecule has 0 amide bonds. The van der Waals surface area contributed by atoms with Crippen LogP contribution in [-0.2, 0) is 11.3 Å². The number of rotatable bonds is 4. The van der Waals surface area contributed by atoms with E-state index in [1.807, 2.05) is 29.1 Å². The van der Waals surface area contributed by atoms with E-state index in [1.165, 1.54) is 24.1 Å². The number of aromatic nitrogens is 3. The number of ether oxygens (including phenoxy) is 1. The van der Waals surface area contributed by atoms with E-state index < -0.39 is 0 Å². The van der Waals surface area contributed by atoms with Gasteiger partial charge in [0.15, 0.2) is 5.82 Å². The maximum atomic E-state index is 5.93. The van der Waals surface area contributed by atoms with Crippen LogP contribution >= 0.6 is 0 Å². The molecule has 0 N–H and O–H groups in total. The molecule has 2 aromatic rings. The van der Waals surface area contributed by atoms with E-state index in [9.17, 15) is 0 Å². The zero-order valence-electron chi connectivity index (χ0n) is 13.9. The van der Waals surface area contributed by atoms with Crippen LogP contribution < -0.4 is 0 Å². The molecule has 1 saturated heterocycles. The number of nitrogens with zero attached hydrogens (tertiary/aromatic N) is 4. The third-order valence-electron chi connectivity index (χ3n) is 5.01. The molecule has 5 heteroatoms. The Labute approximate surface area is 137 Å². The van der Waals surface area contributed by atoms with Gasteiger partial charge in [-0.25, -0.2) is 9.67 Å². The lowest BCUT2D eigenvalue weighted by molar-refractivity contribution is -0.0419. The van der Waals surface area contributed by atoms with Gasteiger partial charge in [0.25, 0.3) is 0 Å². The summed E-state index contributed by atoms with van der Waals surface area (Å²) in [6.07, 6.45) is 4.94. The summed E-state index contributed by atoms with van der Waals surface area (Å²) >= 11 is 0. The second-order valence-corrected chi connectivity index (χ2v) is 6.73. The molecule has 2 fully saturated rings. The minimum atomic E-state index is 0.440. The molecule has 2 aliphatic rings. The van der Waals surface area contributed by atoms with Crippen LogP contribution in [0.5, 0.6) is 0 Å². The van der Waals surface area contributed by atoms with Gasteiger partial charge in [-0.1, -0.05) is 6.07 Å². The number of aryl methyl sites for hydroxylation is 1. The van der Waals surface area contributed by atoms with Gasteiger partial charge in [-0.15, -0.1) is 0 Å². The van der Waals surface area contributed by atoms with Gasteiger partial charge in [0, 0.05) is 37.1 Å². The molecule has 1 atom stereocenters. The zero-order chi connectivity index (χ0) is 15.8. The van der Waals surface area contributed by atoms with Crippen LogP contribution in [0.15, 0.2) is 24.4 Å². The lowest BCUT2D eigenvalue weighted by Crippen LogP contribution is -2.43. The highest BCUT2D eigenvalue weighted by atomic mass is 16.5. The summed E-state index contributed by atoms with van der Waals surface area (Å²) in [7, 11) is 0. The minimum absolute atomic E-state index is 0.440. The Morgan fingerprint density at radius 1 is 1.26 bits per heavy atom. The van der Waals surface area contributed by atoms with E-state index in [2.05, 4.69) is 23.7 Å².